The number of nitrogens with zero attached hydrogens (tertiary/aromatic N) is 2. The molecule has 0 radical (unpaired) electrons. The van der Waals surface area contributed by atoms with Crippen LogP contribution in [-0.2, 0) is 4.79 Å². The van der Waals surface area contributed by atoms with E-state index in [0.29, 0.717) is 18.4 Å². The minimum atomic E-state index is -0.0854. The quantitative estimate of drug-likeness (QED) is 0.799. The van der Waals surface area contributed by atoms with Gasteiger partial charge in [0.05, 0.1) is 5.92 Å². The standard InChI is InChI=1S/C24H29N3O2.ClH/c25-22-11-10-17-13-27(15-21(17)22)23(28)18-7-4-12-26(14-18)24(29)20-9-3-6-16-5-1-2-8-19(16)20;/h1-3,5-6,8-9,17-18,21-22H,4,7,10-15,25H2;1H. The van der Waals surface area contributed by atoms with Crippen molar-refractivity contribution in [3.63, 3.8) is 0 Å². The van der Waals surface area contributed by atoms with Crippen molar-refractivity contribution in [2.75, 3.05) is 26.2 Å². The predicted octanol–water partition coefficient (Wildman–Crippen LogP) is 3.31. The molecule has 2 N–H and O–H groups in total. The van der Waals surface area contributed by atoms with Gasteiger partial charge < -0.3 is 15.5 Å². The highest BCUT2D eigenvalue weighted by Crippen LogP contribution is 2.38. The molecule has 2 aromatic carbocycles. The highest BCUT2D eigenvalue weighted by molar-refractivity contribution is 6.07. The van der Waals surface area contributed by atoms with Crippen LogP contribution in [0.2, 0.25) is 0 Å². The summed E-state index contributed by atoms with van der Waals surface area (Å²) in [4.78, 5) is 30.4. The zero-order valence-corrected chi connectivity index (χ0v) is 18.0. The Bertz CT molecular complexity index is 944. The molecule has 160 valence electrons. The molecular weight excluding hydrogens is 398 g/mol. The van der Waals surface area contributed by atoms with Crippen LogP contribution in [0.15, 0.2) is 42.5 Å². The number of likely N-dealkylation sites (tertiary alicyclic amines) is 2. The number of halogens is 1. The molecule has 2 aliphatic heterocycles. The van der Waals surface area contributed by atoms with Crippen LogP contribution in [0, 0.1) is 17.8 Å². The fourth-order valence-electron chi connectivity index (χ4n) is 5.69. The highest BCUT2D eigenvalue weighted by atomic mass is 35.5. The monoisotopic (exact) mass is 427 g/mol. The van der Waals surface area contributed by atoms with E-state index in [2.05, 4.69) is 0 Å². The number of carbonyl (C=O) groups excluding carboxylic acids is 2. The Labute approximate surface area is 184 Å². The Hall–Kier alpha value is -2.11. The summed E-state index contributed by atoms with van der Waals surface area (Å²) in [5.74, 6) is 1.22. The van der Waals surface area contributed by atoms with E-state index in [1.165, 1.54) is 0 Å². The van der Waals surface area contributed by atoms with Crippen molar-refractivity contribution < 1.29 is 9.59 Å². The second kappa shape index (κ2) is 8.56. The van der Waals surface area contributed by atoms with Gasteiger partial charge in [-0.25, -0.2) is 0 Å². The molecule has 2 saturated heterocycles. The third-order valence-corrected chi connectivity index (χ3v) is 7.30. The fourth-order valence-corrected chi connectivity index (χ4v) is 5.69. The third kappa shape index (κ3) is 3.69. The zero-order chi connectivity index (χ0) is 20.0. The van der Waals surface area contributed by atoms with Gasteiger partial charge in [-0.05, 0) is 54.4 Å². The summed E-state index contributed by atoms with van der Waals surface area (Å²) in [5.41, 5.74) is 6.98. The van der Waals surface area contributed by atoms with Crippen LogP contribution < -0.4 is 5.73 Å². The highest BCUT2D eigenvalue weighted by Gasteiger charge is 2.44. The van der Waals surface area contributed by atoms with Gasteiger partial charge in [-0.2, -0.15) is 0 Å². The van der Waals surface area contributed by atoms with Gasteiger partial charge in [0.1, 0.15) is 0 Å². The lowest BCUT2D eigenvalue weighted by Crippen LogP contribution is -2.46. The number of hydrogen-bond acceptors (Lipinski definition) is 3. The molecule has 2 amide bonds. The van der Waals surface area contributed by atoms with Crippen molar-refractivity contribution >= 4 is 35.0 Å². The number of carbonyl (C=O) groups is 2. The Kier molecular flexibility index (Phi) is 6.03. The normalized spacial score (nSPS) is 28.3. The smallest absolute Gasteiger partial charge is 0.254 e. The van der Waals surface area contributed by atoms with E-state index in [1.807, 2.05) is 52.3 Å². The van der Waals surface area contributed by atoms with Crippen molar-refractivity contribution in [2.24, 2.45) is 23.5 Å². The second-order valence-electron chi connectivity index (χ2n) is 9.03. The Balaban J connectivity index is 0.00000218. The first-order valence-electron chi connectivity index (χ1n) is 10.9. The maximum atomic E-state index is 13.3. The zero-order valence-electron chi connectivity index (χ0n) is 17.2. The predicted molar refractivity (Wildman–Crippen MR) is 121 cm³/mol. The summed E-state index contributed by atoms with van der Waals surface area (Å²) >= 11 is 0. The van der Waals surface area contributed by atoms with Crippen LogP contribution in [-0.4, -0.2) is 53.8 Å². The van der Waals surface area contributed by atoms with Gasteiger partial charge in [0, 0.05) is 37.8 Å². The first kappa shape index (κ1) is 21.1. The molecule has 4 atom stereocenters. The van der Waals surface area contributed by atoms with E-state index in [-0.39, 0.29) is 36.2 Å². The summed E-state index contributed by atoms with van der Waals surface area (Å²) < 4.78 is 0. The first-order chi connectivity index (χ1) is 14.1. The molecular formula is C24H30ClN3O2. The van der Waals surface area contributed by atoms with Gasteiger partial charge >= 0.3 is 0 Å². The van der Waals surface area contributed by atoms with E-state index in [9.17, 15) is 9.59 Å². The maximum Gasteiger partial charge on any atom is 0.254 e. The maximum absolute atomic E-state index is 13.3. The van der Waals surface area contributed by atoms with Crippen molar-refractivity contribution in [2.45, 2.75) is 31.7 Å². The Morgan fingerprint density at radius 2 is 1.70 bits per heavy atom. The Morgan fingerprint density at radius 1 is 0.900 bits per heavy atom. The average Bonchev–Trinajstić information content (AvgIpc) is 3.34. The van der Waals surface area contributed by atoms with Crippen molar-refractivity contribution in [3.8, 4) is 0 Å². The van der Waals surface area contributed by atoms with E-state index in [1.54, 1.807) is 0 Å². The van der Waals surface area contributed by atoms with Gasteiger partial charge in [-0.3, -0.25) is 9.59 Å². The minimum Gasteiger partial charge on any atom is -0.342 e. The van der Waals surface area contributed by atoms with Crippen LogP contribution in [0.25, 0.3) is 10.8 Å². The van der Waals surface area contributed by atoms with Gasteiger partial charge in [0.15, 0.2) is 0 Å². The molecule has 0 bridgehead atoms. The molecule has 0 spiro atoms. The summed E-state index contributed by atoms with van der Waals surface area (Å²) in [5, 5.41) is 2.05. The van der Waals surface area contributed by atoms with Crippen LogP contribution >= 0.6 is 12.4 Å². The minimum absolute atomic E-state index is 0. The largest absolute Gasteiger partial charge is 0.342 e. The molecule has 5 nitrogen and oxygen atoms in total. The van der Waals surface area contributed by atoms with E-state index in [0.717, 1.165) is 61.7 Å². The van der Waals surface area contributed by atoms with E-state index < -0.39 is 0 Å². The third-order valence-electron chi connectivity index (χ3n) is 7.30. The molecule has 3 fully saturated rings. The average molecular weight is 428 g/mol. The molecule has 1 saturated carbocycles. The van der Waals surface area contributed by atoms with Gasteiger partial charge in [0.2, 0.25) is 5.91 Å². The SMILES string of the molecule is Cl.NC1CCC2CN(C(=O)C3CCCN(C(=O)c4cccc5ccccc45)C3)CC12. The molecule has 0 aromatic heterocycles. The van der Waals surface area contributed by atoms with Crippen LogP contribution in [0.5, 0.6) is 0 Å². The van der Waals surface area contributed by atoms with Crippen molar-refractivity contribution in [3.05, 3.63) is 48.0 Å². The molecule has 30 heavy (non-hydrogen) atoms. The summed E-state index contributed by atoms with van der Waals surface area (Å²) in [6.45, 7) is 2.91. The van der Waals surface area contributed by atoms with Crippen LogP contribution in [0.3, 0.4) is 0 Å². The molecule has 1 aliphatic carbocycles. The fraction of sp³-hybridized carbons (Fsp3) is 0.500. The van der Waals surface area contributed by atoms with Gasteiger partial charge in [0.25, 0.3) is 5.91 Å². The molecule has 2 aromatic rings. The molecule has 6 heteroatoms. The van der Waals surface area contributed by atoms with E-state index in [4.69, 9.17) is 5.73 Å². The van der Waals surface area contributed by atoms with E-state index >= 15 is 0 Å². The molecule has 3 aliphatic rings. The number of hydrogen-bond donors (Lipinski definition) is 1. The lowest BCUT2D eigenvalue weighted by molar-refractivity contribution is -0.136. The number of benzene rings is 2. The van der Waals surface area contributed by atoms with Crippen LogP contribution in [0.1, 0.15) is 36.0 Å². The van der Waals surface area contributed by atoms with Crippen LogP contribution in [0.4, 0.5) is 0 Å². The Morgan fingerprint density at radius 3 is 2.53 bits per heavy atom. The lowest BCUT2D eigenvalue weighted by atomic mass is 9.95. The number of fused-ring (bicyclic) bond motifs is 2. The first-order valence-corrected chi connectivity index (χ1v) is 10.9. The summed E-state index contributed by atoms with van der Waals surface area (Å²) in [7, 11) is 0. The number of amides is 2. The summed E-state index contributed by atoms with van der Waals surface area (Å²) in [6, 6.07) is 14.1. The lowest BCUT2D eigenvalue weighted by Gasteiger charge is -2.34. The van der Waals surface area contributed by atoms with Crippen molar-refractivity contribution in [1.29, 1.82) is 0 Å². The molecule has 5 rings (SSSR count). The molecule has 2 heterocycles. The van der Waals surface area contributed by atoms with Gasteiger partial charge in [-0.15, -0.1) is 12.4 Å². The molecule has 4 unspecified atom stereocenters. The number of piperidine rings is 1. The number of nitrogens with two attached hydrogens (primary N) is 1. The van der Waals surface area contributed by atoms with Crippen molar-refractivity contribution in [1.82, 2.24) is 9.80 Å². The topological polar surface area (TPSA) is 66.6 Å². The van der Waals surface area contributed by atoms with Gasteiger partial charge in [-0.1, -0.05) is 36.4 Å². The number of rotatable bonds is 2. The second-order valence-corrected chi connectivity index (χ2v) is 9.03. The summed E-state index contributed by atoms with van der Waals surface area (Å²) in [6.07, 6.45) is 3.99.